The van der Waals surface area contributed by atoms with Gasteiger partial charge in [-0.25, -0.2) is 19.2 Å². The zero-order valence-electron chi connectivity index (χ0n) is 52.7. The lowest BCUT2D eigenvalue weighted by Crippen LogP contribution is -2.51. The van der Waals surface area contributed by atoms with Gasteiger partial charge >= 0.3 is 18.0 Å². The van der Waals surface area contributed by atoms with Gasteiger partial charge in [-0.05, 0) is 129 Å². The van der Waals surface area contributed by atoms with E-state index in [4.69, 9.17) is 24.1 Å². The number of fused-ring (bicyclic) bond motifs is 5. The third kappa shape index (κ3) is 19.0. The highest BCUT2D eigenvalue weighted by Crippen LogP contribution is 2.44. The van der Waals surface area contributed by atoms with Crippen molar-refractivity contribution in [2.45, 2.75) is 119 Å². The van der Waals surface area contributed by atoms with Crippen molar-refractivity contribution in [3.8, 4) is 51.0 Å². The van der Waals surface area contributed by atoms with Gasteiger partial charge in [0.2, 0.25) is 17.1 Å². The Morgan fingerprint density at radius 1 is 0.767 bits per heavy atom. The normalized spacial score (nSPS) is 15.3. The molecule has 3 aromatic heterocycles. The molecule has 2 saturated heterocycles. The number of nitrogens with one attached hydrogen (secondary N) is 3. The molecule has 6 heterocycles. The zero-order chi connectivity index (χ0) is 65.9. The third-order valence-corrected chi connectivity index (χ3v) is 16.4. The van der Waals surface area contributed by atoms with Crippen molar-refractivity contribution < 1.29 is 57.2 Å². The number of phenols is 1. The molecular weight excluding hydrogens is 1310 g/mol. The van der Waals surface area contributed by atoms with E-state index in [0.717, 1.165) is 51.4 Å². The first kappa shape index (κ1) is 71.5. The van der Waals surface area contributed by atoms with Crippen LogP contribution < -0.4 is 14.8 Å². The molecule has 484 valence electrons. The molecule has 4 atom stereocenters. The number of esters is 2. The number of aromatic nitrogens is 5. The number of phenolic OH excluding ortho intramolecular Hbond substituents is 1. The minimum absolute atomic E-state index is 0.0260. The standard InChI is InChI=1S/C44H51FN8O7.C8H7BrO2.C6H5BrO.C6H15N.C2H3ClO/c1-23(2)28(19-36(54)58-5)42(55)51-15-7-9-33(51)40-46-20-30(48-40)25-12-14-32-29(17-25)37(45)39-27-13-11-26(18-35(27)60-22-53(32)39)31-21-47-41(49-31)34-10-8-16-52(34)43(56)38(24(3)4)50-44(57)59-6;1-6(10)11-8-4-2-3-7(9)5-8;7-5-2-1-3-6(8)4-5;1-4-7(5-2)6-3;1-2(3)4/h11-14,17-18,20-21,23-24,28,33-34,38H,7-10,15-16,19,22H2,1-6H3,(H,46,48)(H,47,49)(H,50,57);2-5H,1H3;1-4,8H;4-6H2,1-3H3;1H3/t28-,33-,34-,38-;;;;/m0..../s1. The molecular formula is C66H81Br2ClFN9O11. The highest BCUT2D eigenvalue weighted by Gasteiger charge is 2.39. The molecule has 3 amide bonds. The van der Waals surface area contributed by atoms with Crippen LogP contribution in [-0.2, 0) is 40.2 Å². The number of nitrogens with zero attached hydrogens (tertiary/aromatic N) is 6. The number of likely N-dealkylation sites (tertiary alicyclic amines) is 2. The number of benzene rings is 4. The maximum atomic E-state index is 16.6. The highest BCUT2D eigenvalue weighted by molar-refractivity contribution is 9.10. The average molecular weight is 1390 g/mol. The van der Waals surface area contributed by atoms with E-state index in [-0.39, 0.29) is 65.9 Å². The van der Waals surface area contributed by atoms with E-state index in [0.29, 0.717) is 69.8 Å². The maximum absolute atomic E-state index is 16.6. The van der Waals surface area contributed by atoms with Gasteiger partial charge in [0.1, 0.15) is 34.9 Å². The van der Waals surface area contributed by atoms with Gasteiger partial charge in [-0.15, -0.1) is 0 Å². The quantitative estimate of drug-likeness (QED) is 0.0424. The Morgan fingerprint density at radius 3 is 1.81 bits per heavy atom. The highest BCUT2D eigenvalue weighted by atomic mass is 79.9. The summed E-state index contributed by atoms with van der Waals surface area (Å²) < 4.78 is 40.9. The van der Waals surface area contributed by atoms with E-state index in [2.05, 4.69) is 94.4 Å². The summed E-state index contributed by atoms with van der Waals surface area (Å²) in [7, 11) is 2.60. The van der Waals surface area contributed by atoms with Gasteiger partial charge in [0, 0.05) is 58.0 Å². The van der Waals surface area contributed by atoms with Crippen LogP contribution in [0.2, 0.25) is 0 Å². The second-order valence-corrected chi connectivity index (χ2v) is 24.5. The first-order valence-corrected chi connectivity index (χ1v) is 31.9. The molecule has 4 N–H and O–H groups in total. The van der Waals surface area contributed by atoms with Crippen LogP contribution >= 0.6 is 43.5 Å². The molecule has 90 heavy (non-hydrogen) atoms. The van der Waals surface area contributed by atoms with Crippen LogP contribution in [0, 0.1) is 23.6 Å². The van der Waals surface area contributed by atoms with Gasteiger partial charge in [0.25, 0.3) is 0 Å². The smallest absolute Gasteiger partial charge is 0.407 e. The molecule has 3 aliphatic heterocycles. The molecule has 0 unspecified atom stereocenters. The van der Waals surface area contributed by atoms with Crippen molar-refractivity contribution >= 4 is 89.5 Å². The summed E-state index contributed by atoms with van der Waals surface area (Å²) in [6.07, 6.45) is 5.89. The molecule has 0 bridgehead atoms. The lowest BCUT2D eigenvalue weighted by atomic mass is 9.91. The number of hydrogen-bond acceptors (Lipinski definition) is 14. The van der Waals surface area contributed by atoms with Crippen molar-refractivity contribution in [1.29, 1.82) is 0 Å². The van der Waals surface area contributed by atoms with Gasteiger partial charge in [-0.1, -0.05) is 105 Å². The molecule has 24 heteroatoms. The van der Waals surface area contributed by atoms with Crippen molar-refractivity contribution in [3.05, 3.63) is 124 Å². The van der Waals surface area contributed by atoms with Crippen LogP contribution in [0.25, 0.3) is 44.7 Å². The topological polar surface area (TPSA) is 244 Å². The van der Waals surface area contributed by atoms with E-state index in [1.807, 2.05) is 91.8 Å². The number of rotatable bonds is 15. The summed E-state index contributed by atoms with van der Waals surface area (Å²) >= 11 is 11.1. The van der Waals surface area contributed by atoms with Crippen LogP contribution in [0.5, 0.6) is 17.2 Å². The zero-order valence-corrected chi connectivity index (χ0v) is 56.6. The fourth-order valence-corrected chi connectivity index (χ4v) is 11.5. The minimum atomic E-state index is -0.734. The Hall–Kier alpha value is -7.60. The van der Waals surface area contributed by atoms with Crippen molar-refractivity contribution in [2.24, 2.45) is 17.8 Å². The number of amides is 3. The number of aromatic amines is 2. The van der Waals surface area contributed by atoms with Gasteiger partial charge in [-0.2, -0.15) is 0 Å². The van der Waals surface area contributed by atoms with E-state index < -0.39 is 24.0 Å². The molecule has 10 rings (SSSR count). The second-order valence-electron chi connectivity index (χ2n) is 22.2. The number of hydrogen-bond donors (Lipinski definition) is 4. The molecule has 0 spiro atoms. The van der Waals surface area contributed by atoms with Crippen LogP contribution in [0.4, 0.5) is 9.18 Å². The lowest BCUT2D eigenvalue weighted by Gasteiger charge is -2.30. The van der Waals surface area contributed by atoms with Gasteiger partial charge < -0.3 is 58.6 Å². The molecule has 0 radical (unpaired) electrons. The number of carbonyl (C=O) groups is 6. The van der Waals surface area contributed by atoms with Gasteiger partial charge in [0.05, 0.1) is 73.6 Å². The predicted octanol–water partition coefficient (Wildman–Crippen LogP) is 13.8. The van der Waals surface area contributed by atoms with Crippen molar-refractivity contribution in [1.82, 2.24) is 44.5 Å². The Kier molecular flexibility index (Phi) is 27.0. The first-order chi connectivity index (χ1) is 42.9. The Labute approximate surface area is 546 Å². The molecule has 20 nitrogen and oxygen atoms in total. The molecule has 0 aliphatic carbocycles. The number of aromatic hydroxyl groups is 1. The fraction of sp³-hybridized carbons (Fsp3) is 0.424. The third-order valence-electron chi connectivity index (χ3n) is 15.4. The molecule has 4 aromatic carbocycles. The fourth-order valence-electron chi connectivity index (χ4n) is 10.8. The summed E-state index contributed by atoms with van der Waals surface area (Å²) in [6.45, 7) is 21.7. The predicted molar refractivity (Wildman–Crippen MR) is 351 cm³/mol. The van der Waals surface area contributed by atoms with E-state index >= 15 is 4.39 Å². The molecule has 2 fully saturated rings. The Morgan fingerprint density at radius 2 is 1.32 bits per heavy atom. The molecule has 0 saturated carbocycles. The molecule has 7 aromatic rings. The number of imidazole rings is 2. The first-order valence-electron chi connectivity index (χ1n) is 29.9. The lowest BCUT2D eigenvalue weighted by molar-refractivity contribution is -0.148. The number of H-pyrrole nitrogens is 2. The Bertz CT molecular complexity index is 3560. The number of alkyl carbamates (subject to hydrolysis) is 1. The Balaban J connectivity index is 0.000000350. The molecule has 3 aliphatic rings. The van der Waals surface area contributed by atoms with E-state index in [9.17, 15) is 28.8 Å². The summed E-state index contributed by atoms with van der Waals surface area (Å²) in [5.41, 5.74) is 4.71. The monoisotopic (exact) mass is 1390 g/mol. The average Bonchev–Trinajstić information content (AvgIpc) is 1.59. The van der Waals surface area contributed by atoms with Gasteiger partial charge in [0.15, 0.2) is 12.5 Å². The summed E-state index contributed by atoms with van der Waals surface area (Å²) in [6, 6.07) is 24.0. The van der Waals surface area contributed by atoms with E-state index in [1.54, 1.807) is 47.6 Å². The van der Waals surface area contributed by atoms with Crippen LogP contribution in [0.3, 0.4) is 0 Å². The van der Waals surface area contributed by atoms with Gasteiger partial charge in [-0.3, -0.25) is 24.0 Å². The van der Waals surface area contributed by atoms with Crippen LogP contribution in [0.15, 0.2) is 106 Å². The summed E-state index contributed by atoms with van der Waals surface area (Å²) in [4.78, 5) is 93.3. The van der Waals surface area contributed by atoms with Crippen molar-refractivity contribution in [2.75, 3.05) is 46.9 Å². The summed E-state index contributed by atoms with van der Waals surface area (Å²) in [5, 5.41) is 11.5. The minimum Gasteiger partial charge on any atom is -0.508 e. The number of halogens is 4. The van der Waals surface area contributed by atoms with Crippen LogP contribution in [-0.4, -0.2) is 132 Å². The second kappa shape index (κ2) is 34.0. The van der Waals surface area contributed by atoms with Crippen molar-refractivity contribution in [3.63, 3.8) is 0 Å². The number of methoxy groups -OCH3 is 2. The maximum Gasteiger partial charge on any atom is 0.407 e. The SMILES string of the molecule is CC(=O)Cl.CC(=O)Oc1cccc(Br)c1.CCN(CC)CC.COC(=O)C[C@H](C(=O)N1CCC[C@H]1c1ncc(-c2ccc3c(c2)c(F)c2n3COc3cc(-c4cnc([C@@H]5CCCN5C(=O)[C@@H](NC(=O)OC)C(C)C)[nH]4)ccc3-2)[nH]1)C(C)C.Oc1cccc(Br)c1. The largest absolute Gasteiger partial charge is 0.508 e. The number of carbonyl (C=O) groups excluding carboxylic acids is 6. The summed E-state index contributed by atoms with van der Waals surface area (Å²) in [5.74, 6) is 0.657. The van der Waals surface area contributed by atoms with E-state index in [1.165, 1.54) is 47.7 Å². The number of ether oxygens (including phenoxy) is 4. The van der Waals surface area contributed by atoms with Crippen LogP contribution in [0.1, 0.15) is 118 Å².